The molecule has 2 aliphatic rings. The summed E-state index contributed by atoms with van der Waals surface area (Å²) in [5.74, 6) is 0.582. The minimum absolute atomic E-state index is 0.0375. The molecule has 1 aromatic rings. The van der Waals surface area contributed by atoms with Crippen LogP contribution in [0.2, 0.25) is 0 Å². The van der Waals surface area contributed by atoms with Crippen molar-refractivity contribution in [3.05, 3.63) is 58.2 Å². The average molecular weight is 257 g/mol. The fourth-order valence-electron chi connectivity index (χ4n) is 3.76. The fraction of sp³-hybridized carbons (Fsp3) is 0.500. The van der Waals surface area contributed by atoms with Crippen molar-refractivity contribution in [1.29, 1.82) is 0 Å². The molecule has 0 aromatic heterocycles. The van der Waals surface area contributed by atoms with Gasteiger partial charge in [-0.3, -0.25) is 10.1 Å². The highest BCUT2D eigenvalue weighted by atomic mass is 16.6. The minimum Gasteiger partial charge on any atom is -0.264 e. The zero-order valence-electron chi connectivity index (χ0n) is 10.9. The molecule has 0 amide bonds. The van der Waals surface area contributed by atoms with E-state index >= 15 is 0 Å². The second-order valence-corrected chi connectivity index (χ2v) is 5.71. The second kappa shape index (κ2) is 5.16. The fourth-order valence-corrected chi connectivity index (χ4v) is 3.76. The second-order valence-electron chi connectivity index (χ2n) is 5.71. The molecule has 1 fully saturated rings. The molecule has 0 bridgehead atoms. The molecule has 0 unspecified atom stereocenters. The molecule has 4 atom stereocenters. The van der Waals surface area contributed by atoms with Crippen molar-refractivity contribution in [3.63, 3.8) is 0 Å². The van der Waals surface area contributed by atoms with E-state index in [1.807, 2.05) is 30.3 Å². The predicted molar refractivity (Wildman–Crippen MR) is 74.6 cm³/mol. The molecule has 1 aromatic carbocycles. The van der Waals surface area contributed by atoms with Gasteiger partial charge in [0, 0.05) is 10.8 Å². The molecule has 0 radical (unpaired) electrons. The molecule has 0 aliphatic heterocycles. The Bertz CT molecular complexity index is 483. The van der Waals surface area contributed by atoms with Gasteiger partial charge in [-0.15, -0.1) is 0 Å². The summed E-state index contributed by atoms with van der Waals surface area (Å²) in [7, 11) is 0. The van der Waals surface area contributed by atoms with E-state index in [2.05, 4.69) is 12.2 Å². The van der Waals surface area contributed by atoms with Crippen LogP contribution in [0.5, 0.6) is 0 Å². The number of allylic oxidation sites excluding steroid dienone is 1. The van der Waals surface area contributed by atoms with Crippen molar-refractivity contribution in [2.45, 2.75) is 37.6 Å². The van der Waals surface area contributed by atoms with Crippen LogP contribution in [0, 0.1) is 22.0 Å². The van der Waals surface area contributed by atoms with Crippen LogP contribution in [0.3, 0.4) is 0 Å². The van der Waals surface area contributed by atoms with Gasteiger partial charge in [0.1, 0.15) is 0 Å². The van der Waals surface area contributed by atoms with Crippen LogP contribution in [0.1, 0.15) is 37.2 Å². The lowest BCUT2D eigenvalue weighted by Crippen LogP contribution is -2.42. The van der Waals surface area contributed by atoms with Crippen molar-refractivity contribution < 1.29 is 4.92 Å². The van der Waals surface area contributed by atoms with Gasteiger partial charge in [-0.25, -0.2) is 0 Å². The van der Waals surface area contributed by atoms with Gasteiger partial charge in [0.25, 0.3) is 0 Å². The Morgan fingerprint density at radius 2 is 1.79 bits per heavy atom. The molecule has 19 heavy (non-hydrogen) atoms. The number of hydrogen-bond acceptors (Lipinski definition) is 2. The summed E-state index contributed by atoms with van der Waals surface area (Å²) < 4.78 is 0. The van der Waals surface area contributed by atoms with Crippen LogP contribution in [-0.4, -0.2) is 11.0 Å². The van der Waals surface area contributed by atoms with E-state index in [-0.39, 0.29) is 16.8 Å². The molecule has 3 heteroatoms. The largest absolute Gasteiger partial charge is 0.264 e. The highest BCUT2D eigenvalue weighted by Gasteiger charge is 2.45. The molecule has 3 nitrogen and oxygen atoms in total. The van der Waals surface area contributed by atoms with Gasteiger partial charge in [0.2, 0.25) is 6.04 Å². The molecule has 3 rings (SSSR count). The molecular weight excluding hydrogens is 238 g/mol. The molecule has 0 heterocycles. The third-order valence-electron chi connectivity index (χ3n) is 4.68. The Morgan fingerprint density at radius 3 is 2.53 bits per heavy atom. The third-order valence-corrected chi connectivity index (χ3v) is 4.68. The van der Waals surface area contributed by atoms with Crippen LogP contribution < -0.4 is 0 Å². The summed E-state index contributed by atoms with van der Waals surface area (Å²) in [5.41, 5.74) is 1.07. The zero-order chi connectivity index (χ0) is 13.2. The summed E-state index contributed by atoms with van der Waals surface area (Å²) in [6.45, 7) is 0. The molecule has 1 saturated carbocycles. The monoisotopic (exact) mass is 257 g/mol. The van der Waals surface area contributed by atoms with Crippen LogP contribution in [-0.2, 0) is 0 Å². The van der Waals surface area contributed by atoms with E-state index in [0.29, 0.717) is 5.92 Å². The molecule has 2 aliphatic carbocycles. The van der Waals surface area contributed by atoms with Crippen LogP contribution >= 0.6 is 0 Å². The number of rotatable bonds is 2. The van der Waals surface area contributed by atoms with Gasteiger partial charge in [-0.2, -0.15) is 0 Å². The van der Waals surface area contributed by atoms with Crippen LogP contribution in [0.25, 0.3) is 0 Å². The van der Waals surface area contributed by atoms with E-state index in [0.717, 1.165) is 24.8 Å². The summed E-state index contributed by atoms with van der Waals surface area (Å²) in [5, 5.41) is 11.6. The first kappa shape index (κ1) is 12.4. The van der Waals surface area contributed by atoms with E-state index in [9.17, 15) is 10.1 Å². The van der Waals surface area contributed by atoms with Crippen molar-refractivity contribution >= 4 is 0 Å². The predicted octanol–water partition coefficient (Wildman–Crippen LogP) is 3.79. The van der Waals surface area contributed by atoms with Crippen LogP contribution in [0.15, 0.2) is 42.5 Å². The number of hydrogen-bond donors (Lipinski definition) is 0. The van der Waals surface area contributed by atoms with Gasteiger partial charge < -0.3 is 0 Å². The van der Waals surface area contributed by atoms with Crippen molar-refractivity contribution in [1.82, 2.24) is 0 Å². The Balaban J connectivity index is 1.96. The van der Waals surface area contributed by atoms with Gasteiger partial charge in [-0.05, 0) is 24.3 Å². The lowest BCUT2D eigenvalue weighted by Gasteiger charge is -2.37. The van der Waals surface area contributed by atoms with Crippen molar-refractivity contribution in [2.24, 2.45) is 11.8 Å². The lowest BCUT2D eigenvalue weighted by atomic mass is 9.67. The van der Waals surface area contributed by atoms with Crippen molar-refractivity contribution in [3.8, 4) is 0 Å². The van der Waals surface area contributed by atoms with Crippen LogP contribution in [0.4, 0.5) is 0 Å². The number of nitro groups is 1. The van der Waals surface area contributed by atoms with E-state index < -0.39 is 6.04 Å². The molecule has 0 saturated heterocycles. The topological polar surface area (TPSA) is 43.1 Å². The standard InChI is InChI=1S/C16H19NO2/c18-17(19)16-14-9-5-4-8-13(14)10-11-15(16)12-6-2-1-3-7-12/h1-3,6-7,10-11,13-16H,4-5,8-9H2/t13-,14+,15-,16-/m1/s1. The van der Waals surface area contributed by atoms with E-state index in [4.69, 9.17) is 0 Å². The summed E-state index contributed by atoms with van der Waals surface area (Å²) in [4.78, 5) is 11.5. The Morgan fingerprint density at radius 1 is 1.05 bits per heavy atom. The molecule has 0 N–H and O–H groups in total. The first-order chi connectivity index (χ1) is 9.27. The third kappa shape index (κ3) is 2.29. The number of benzene rings is 1. The summed E-state index contributed by atoms with van der Waals surface area (Å²) in [6, 6.07) is 9.46. The number of nitrogens with zero attached hydrogens (tertiary/aromatic N) is 1. The maximum Gasteiger partial charge on any atom is 0.226 e. The lowest BCUT2D eigenvalue weighted by molar-refractivity contribution is -0.538. The van der Waals surface area contributed by atoms with E-state index in [1.165, 1.54) is 6.42 Å². The van der Waals surface area contributed by atoms with Gasteiger partial charge >= 0.3 is 0 Å². The van der Waals surface area contributed by atoms with Gasteiger partial charge in [-0.1, -0.05) is 55.3 Å². The number of fused-ring (bicyclic) bond motifs is 1. The highest BCUT2D eigenvalue weighted by Crippen LogP contribution is 2.43. The van der Waals surface area contributed by atoms with E-state index in [1.54, 1.807) is 0 Å². The van der Waals surface area contributed by atoms with Gasteiger partial charge in [0.15, 0.2) is 0 Å². The SMILES string of the molecule is O=[N+]([O-])[C@@H]1[C@H]2CCCC[C@@H]2C=C[C@@H]1c1ccccc1. The first-order valence-electron chi connectivity index (χ1n) is 7.14. The van der Waals surface area contributed by atoms with Gasteiger partial charge in [0.05, 0.1) is 5.92 Å². The van der Waals surface area contributed by atoms with Crippen molar-refractivity contribution in [2.75, 3.05) is 0 Å². The highest BCUT2D eigenvalue weighted by molar-refractivity contribution is 5.28. The quantitative estimate of drug-likeness (QED) is 0.459. The Hall–Kier alpha value is -1.64. The zero-order valence-corrected chi connectivity index (χ0v) is 10.9. The molecular formula is C16H19NO2. The molecule has 100 valence electrons. The first-order valence-corrected chi connectivity index (χ1v) is 7.14. The Labute approximate surface area is 113 Å². The minimum atomic E-state index is -0.447. The summed E-state index contributed by atoms with van der Waals surface area (Å²) >= 11 is 0. The maximum atomic E-state index is 11.6. The normalized spacial score (nSPS) is 33.7. The molecule has 0 spiro atoms. The summed E-state index contributed by atoms with van der Waals surface area (Å²) in [6.07, 6.45) is 8.79. The maximum absolute atomic E-state index is 11.6. The average Bonchev–Trinajstić information content (AvgIpc) is 2.46. The Kier molecular flexibility index (Phi) is 3.36. The smallest absolute Gasteiger partial charge is 0.226 e.